The van der Waals surface area contributed by atoms with Crippen LogP contribution in [0, 0.1) is 5.92 Å². The maximum Gasteiger partial charge on any atom is 0.0443 e. The molecule has 2 heteroatoms. The summed E-state index contributed by atoms with van der Waals surface area (Å²) in [4.78, 5) is 2.52. The zero-order valence-corrected chi connectivity index (χ0v) is 11.5. The van der Waals surface area contributed by atoms with E-state index in [0.29, 0.717) is 17.8 Å². The minimum Gasteiger partial charge on any atom is -0.296 e. The Kier molecular flexibility index (Phi) is 8.17. The summed E-state index contributed by atoms with van der Waals surface area (Å²) in [5.74, 6) is 1.28. The second kappa shape index (κ2) is 8.18. The van der Waals surface area contributed by atoms with Gasteiger partial charge in [0.1, 0.15) is 0 Å². The summed E-state index contributed by atoms with van der Waals surface area (Å²) >= 11 is 5.80. The van der Waals surface area contributed by atoms with Crippen molar-refractivity contribution in [2.75, 3.05) is 19.0 Å². The molecule has 0 aliphatic heterocycles. The normalized spacial score (nSPS) is 11.7. The van der Waals surface area contributed by atoms with E-state index >= 15 is 0 Å². The summed E-state index contributed by atoms with van der Waals surface area (Å²) in [5, 5.41) is 0. The van der Waals surface area contributed by atoms with Crippen LogP contribution in [0.1, 0.15) is 40.5 Å². The van der Waals surface area contributed by atoms with Crippen LogP contribution >= 0.6 is 11.6 Å². The summed E-state index contributed by atoms with van der Waals surface area (Å²) in [7, 11) is 0. The first kappa shape index (κ1) is 15.0. The van der Waals surface area contributed by atoms with Crippen molar-refractivity contribution < 1.29 is 0 Å². The number of nitrogens with zero attached hydrogens (tertiary/aromatic N) is 1. The first-order chi connectivity index (χ1) is 7.04. The number of alkyl halides is 1. The van der Waals surface area contributed by atoms with Gasteiger partial charge < -0.3 is 0 Å². The molecule has 15 heavy (non-hydrogen) atoms. The Morgan fingerprint density at radius 2 is 1.80 bits per heavy atom. The van der Waals surface area contributed by atoms with E-state index < -0.39 is 0 Å². The van der Waals surface area contributed by atoms with Crippen molar-refractivity contribution in [1.82, 2.24) is 4.90 Å². The second-order valence-corrected chi connectivity index (χ2v) is 4.94. The molecule has 1 nitrogen and oxygen atoms in total. The highest BCUT2D eigenvalue weighted by molar-refractivity contribution is 6.19. The van der Waals surface area contributed by atoms with Gasteiger partial charge in [-0.25, -0.2) is 0 Å². The average Bonchev–Trinajstić information content (AvgIpc) is 2.18. The first-order valence-electron chi connectivity index (χ1n) is 6.01. The summed E-state index contributed by atoms with van der Waals surface area (Å²) in [6.45, 7) is 15.1. The van der Waals surface area contributed by atoms with Crippen molar-refractivity contribution in [2.24, 2.45) is 5.92 Å². The molecule has 0 aromatic heterocycles. The molecule has 90 valence electrons. The Hall–Kier alpha value is -0.0100. The van der Waals surface area contributed by atoms with Crippen LogP contribution in [0.15, 0.2) is 12.2 Å². The Bertz CT molecular complexity index is 173. The summed E-state index contributed by atoms with van der Waals surface area (Å²) in [6.07, 6.45) is 2.41. The molecule has 0 heterocycles. The third-order valence-electron chi connectivity index (χ3n) is 2.67. The van der Waals surface area contributed by atoms with Gasteiger partial charge in [0.25, 0.3) is 0 Å². The Labute approximate surface area is 100 Å². The minimum absolute atomic E-state index is 0.578. The highest BCUT2D eigenvalue weighted by Crippen LogP contribution is 2.13. The Morgan fingerprint density at radius 3 is 2.13 bits per heavy atom. The SMILES string of the molecule is C=C(CCl)CN(CC(C)C)C(CC)CC. The third-order valence-corrected chi connectivity index (χ3v) is 3.05. The van der Waals surface area contributed by atoms with Gasteiger partial charge in [-0.05, 0) is 24.3 Å². The van der Waals surface area contributed by atoms with Gasteiger partial charge in [-0.3, -0.25) is 4.90 Å². The van der Waals surface area contributed by atoms with Crippen LogP contribution < -0.4 is 0 Å². The minimum atomic E-state index is 0.578. The molecule has 0 aliphatic carbocycles. The van der Waals surface area contributed by atoms with Crippen molar-refractivity contribution in [3.05, 3.63) is 12.2 Å². The maximum atomic E-state index is 5.80. The van der Waals surface area contributed by atoms with Crippen LogP contribution in [0.4, 0.5) is 0 Å². The number of halogens is 1. The van der Waals surface area contributed by atoms with Crippen LogP contribution in [0.5, 0.6) is 0 Å². The zero-order valence-electron chi connectivity index (χ0n) is 10.7. The van der Waals surface area contributed by atoms with E-state index in [4.69, 9.17) is 11.6 Å². The average molecular weight is 232 g/mol. The molecular formula is C13H26ClN. The molecule has 0 aliphatic rings. The van der Waals surface area contributed by atoms with Gasteiger partial charge in [-0.2, -0.15) is 0 Å². The van der Waals surface area contributed by atoms with E-state index in [0.717, 1.165) is 18.7 Å². The molecular weight excluding hydrogens is 206 g/mol. The maximum absolute atomic E-state index is 5.80. The zero-order chi connectivity index (χ0) is 11.8. The number of hydrogen-bond acceptors (Lipinski definition) is 1. The van der Waals surface area contributed by atoms with Crippen molar-refractivity contribution >= 4 is 11.6 Å². The molecule has 0 amide bonds. The summed E-state index contributed by atoms with van der Waals surface area (Å²) in [6, 6.07) is 0.673. The highest BCUT2D eigenvalue weighted by atomic mass is 35.5. The lowest BCUT2D eigenvalue weighted by Gasteiger charge is -2.32. The van der Waals surface area contributed by atoms with Crippen LogP contribution in [0.3, 0.4) is 0 Å². The van der Waals surface area contributed by atoms with E-state index in [1.165, 1.54) is 12.8 Å². The van der Waals surface area contributed by atoms with Gasteiger partial charge in [-0.15, -0.1) is 11.6 Å². The molecule has 0 radical (unpaired) electrons. The van der Waals surface area contributed by atoms with Crippen molar-refractivity contribution in [2.45, 2.75) is 46.6 Å². The Morgan fingerprint density at radius 1 is 1.27 bits per heavy atom. The molecule has 0 bridgehead atoms. The second-order valence-electron chi connectivity index (χ2n) is 4.68. The van der Waals surface area contributed by atoms with Gasteiger partial charge >= 0.3 is 0 Å². The van der Waals surface area contributed by atoms with E-state index in [1.807, 2.05) is 0 Å². The van der Waals surface area contributed by atoms with Crippen molar-refractivity contribution in [1.29, 1.82) is 0 Å². The van der Waals surface area contributed by atoms with Crippen LogP contribution in [-0.2, 0) is 0 Å². The monoisotopic (exact) mass is 231 g/mol. The standard InChI is InChI=1S/C13H26ClN/c1-6-13(7-2)15(9-11(3)4)10-12(5)8-14/h11,13H,5-10H2,1-4H3. The fourth-order valence-corrected chi connectivity index (χ4v) is 2.03. The van der Waals surface area contributed by atoms with Gasteiger partial charge in [0, 0.05) is 25.0 Å². The predicted molar refractivity (Wildman–Crippen MR) is 70.6 cm³/mol. The van der Waals surface area contributed by atoms with Gasteiger partial charge in [-0.1, -0.05) is 34.3 Å². The predicted octanol–water partition coefficient (Wildman–Crippen LogP) is 3.93. The molecule has 0 spiro atoms. The molecule has 0 unspecified atom stereocenters. The van der Waals surface area contributed by atoms with Crippen LogP contribution in [-0.4, -0.2) is 29.9 Å². The smallest absolute Gasteiger partial charge is 0.0443 e. The molecule has 0 rings (SSSR count). The molecule has 0 fully saturated rings. The third kappa shape index (κ3) is 6.21. The van der Waals surface area contributed by atoms with E-state index in [9.17, 15) is 0 Å². The molecule has 0 N–H and O–H groups in total. The molecule has 0 aromatic carbocycles. The van der Waals surface area contributed by atoms with Crippen molar-refractivity contribution in [3.63, 3.8) is 0 Å². The first-order valence-corrected chi connectivity index (χ1v) is 6.55. The van der Waals surface area contributed by atoms with E-state index in [1.54, 1.807) is 0 Å². The summed E-state index contributed by atoms with van der Waals surface area (Å²) < 4.78 is 0. The van der Waals surface area contributed by atoms with Crippen LogP contribution in [0.25, 0.3) is 0 Å². The topological polar surface area (TPSA) is 3.24 Å². The molecule has 0 atom stereocenters. The lowest BCUT2D eigenvalue weighted by molar-refractivity contribution is 0.181. The molecule has 0 aromatic rings. The fraction of sp³-hybridized carbons (Fsp3) is 0.846. The fourth-order valence-electron chi connectivity index (χ4n) is 1.95. The quantitative estimate of drug-likeness (QED) is 0.452. The summed E-state index contributed by atoms with van der Waals surface area (Å²) in [5.41, 5.74) is 1.13. The molecule has 0 saturated carbocycles. The molecule has 0 saturated heterocycles. The Balaban J connectivity index is 4.34. The lowest BCUT2D eigenvalue weighted by atomic mass is 10.1. The number of hydrogen-bond donors (Lipinski definition) is 0. The van der Waals surface area contributed by atoms with E-state index in [-0.39, 0.29) is 0 Å². The van der Waals surface area contributed by atoms with Gasteiger partial charge in [0.05, 0.1) is 0 Å². The van der Waals surface area contributed by atoms with Gasteiger partial charge in [0.15, 0.2) is 0 Å². The lowest BCUT2D eigenvalue weighted by Crippen LogP contribution is -2.38. The van der Waals surface area contributed by atoms with Crippen molar-refractivity contribution in [3.8, 4) is 0 Å². The largest absolute Gasteiger partial charge is 0.296 e. The van der Waals surface area contributed by atoms with Crippen LogP contribution in [0.2, 0.25) is 0 Å². The highest BCUT2D eigenvalue weighted by Gasteiger charge is 2.16. The van der Waals surface area contributed by atoms with E-state index in [2.05, 4.69) is 39.2 Å². The van der Waals surface area contributed by atoms with Gasteiger partial charge in [0.2, 0.25) is 0 Å². The number of rotatable bonds is 8.